The minimum Gasteiger partial charge on any atom is -0.487 e. The zero-order valence-corrected chi connectivity index (χ0v) is 22.2. The third-order valence-electron chi connectivity index (χ3n) is 7.41. The van der Waals surface area contributed by atoms with Crippen LogP contribution in [0, 0.1) is 0 Å². The summed E-state index contributed by atoms with van der Waals surface area (Å²) in [6, 6.07) is 15.2. The highest BCUT2D eigenvalue weighted by molar-refractivity contribution is 6.30. The first-order chi connectivity index (χ1) is 17.6. The number of hydrogen-bond donors (Lipinski definition) is 0. The minimum atomic E-state index is -0.121. The normalized spacial score (nSPS) is 21.7. The molecule has 1 fully saturated rings. The molecule has 0 aromatic heterocycles. The van der Waals surface area contributed by atoms with Crippen LogP contribution in [0.3, 0.4) is 0 Å². The topological polar surface area (TPSA) is 49.9 Å². The lowest BCUT2D eigenvalue weighted by atomic mass is 9.90. The number of carbonyl (C=O) groups excluding carboxylic acids is 2. The SMILES string of the molecule is CCCN1CCCCCCN(C(=O)Cc2ccc(Cl)cc2)[C@@H]2CCCC[C@@H]2Oc2ccccc2C1=O. The summed E-state index contributed by atoms with van der Waals surface area (Å²) in [5.74, 6) is 0.832. The highest BCUT2D eigenvalue weighted by Gasteiger charge is 2.35. The van der Waals surface area contributed by atoms with Crippen LogP contribution in [0.25, 0.3) is 0 Å². The maximum Gasteiger partial charge on any atom is 0.257 e. The van der Waals surface area contributed by atoms with Gasteiger partial charge in [-0.2, -0.15) is 0 Å². The highest BCUT2D eigenvalue weighted by atomic mass is 35.5. The van der Waals surface area contributed by atoms with E-state index in [-0.39, 0.29) is 24.0 Å². The molecular formula is C30H39ClN2O3. The van der Waals surface area contributed by atoms with E-state index in [2.05, 4.69) is 11.8 Å². The molecule has 1 aliphatic heterocycles. The van der Waals surface area contributed by atoms with Crippen LogP contribution in [0.1, 0.15) is 80.6 Å². The van der Waals surface area contributed by atoms with E-state index in [0.29, 0.717) is 22.8 Å². The molecular weight excluding hydrogens is 472 g/mol. The summed E-state index contributed by atoms with van der Waals surface area (Å²) in [5, 5.41) is 0.677. The van der Waals surface area contributed by atoms with Crippen LogP contribution in [0.5, 0.6) is 5.75 Å². The van der Waals surface area contributed by atoms with E-state index in [4.69, 9.17) is 16.3 Å². The average Bonchev–Trinajstić information content (AvgIpc) is 2.89. The van der Waals surface area contributed by atoms with Gasteiger partial charge in [-0.3, -0.25) is 9.59 Å². The molecule has 0 radical (unpaired) electrons. The maximum absolute atomic E-state index is 13.6. The second-order valence-electron chi connectivity index (χ2n) is 10.1. The molecule has 5 nitrogen and oxygen atoms in total. The molecule has 2 aliphatic rings. The van der Waals surface area contributed by atoms with Crippen molar-refractivity contribution in [3.8, 4) is 5.75 Å². The summed E-state index contributed by atoms with van der Waals surface area (Å²) in [4.78, 5) is 31.2. The van der Waals surface area contributed by atoms with Crippen LogP contribution >= 0.6 is 11.6 Å². The number of hydrogen-bond acceptors (Lipinski definition) is 3. The summed E-state index contributed by atoms with van der Waals surface area (Å²) in [6.07, 6.45) is 9.18. The van der Waals surface area contributed by atoms with E-state index in [0.717, 1.165) is 83.0 Å². The molecule has 194 valence electrons. The smallest absolute Gasteiger partial charge is 0.257 e. The molecule has 0 saturated heterocycles. The van der Waals surface area contributed by atoms with Gasteiger partial charge in [0.15, 0.2) is 0 Å². The predicted octanol–water partition coefficient (Wildman–Crippen LogP) is 6.53. The van der Waals surface area contributed by atoms with Crippen molar-refractivity contribution in [1.29, 1.82) is 0 Å². The Morgan fingerprint density at radius 3 is 2.44 bits per heavy atom. The molecule has 1 saturated carbocycles. The third kappa shape index (κ3) is 6.82. The van der Waals surface area contributed by atoms with Crippen LogP contribution in [-0.2, 0) is 11.2 Å². The van der Waals surface area contributed by atoms with Crippen molar-refractivity contribution in [2.75, 3.05) is 19.6 Å². The molecule has 0 bridgehead atoms. The number of carbonyl (C=O) groups is 2. The van der Waals surface area contributed by atoms with Crippen molar-refractivity contribution in [2.24, 2.45) is 0 Å². The second kappa shape index (κ2) is 13.1. The van der Waals surface area contributed by atoms with Gasteiger partial charge in [-0.25, -0.2) is 0 Å². The Labute approximate surface area is 220 Å². The average molecular weight is 511 g/mol. The van der Waals surface area contributed by atoms with Gasteiger partial charge in [0.05, 0.1) is 18.0 Å². The van der Waals surface area contributed by atoms with Crippen molar-refractivity contribution in [1.82, 2.24) is 9.80 Å². The molecule has 4 rings (SSSR count). The molecule has 2 atom stereocenters. The van der Waals surface area contributed by atoms with E-state index in [9.17, 15) is 9.59 Å². The molecule has 2 aromatic rings. The van der Waals surface area contributed by atoms with Gasteiger partial charge in [0.2, 0.25) is 5.91 Å². The van der Waals surface area contributed by atoms with Crippen LogP contribution in [-0.4, -0.2) is 53.4 Å². The molecule has 1 heterocycles. The molecule has 6 heteroatoms. The Balaban J connectivity index is 1.61. The summed E-state index contributed by atoms with van der Waals surface area (Å²) in [6.45, 7) is 4.37. The van der Waals surface area contributed by atoms with E-state index in [1.54, 1.807) is 0 Å². The number of benzene rings is 2. The quantitative estimate of drug-likeness (QED) is 0.470. The maximum atomic E-state index is 13.6. The standard InChI is InChI=1S/C30H39ClN2O3/c1-2-19-32-20-9-3-4-10-21-33(29(34)22-23-15-17-24(31)18-16-23)26-12-6-8-14-28(26)36-27-13-7-5-11-25(27)30(32)35/h5,7,11,13,15-18,26,28H,2-4,6,8-10,12,14,19-22H2,1H3/t26-,28+/m1/s1. The highest BCUT2D eigenvalue weighted by Crippen LogP contribution is 2.31. The molecule has 1 aliphatic carbocycles. The summed E-state index contributed by atoms with van der Waals surface area (Å²) in [7, 11) is 0. The van der Waals surface area contributed by atoms with Crippen LogP contribution in [0.15, 0.2) is 48.5 Å². The fraction of sp³-hybridized carbons (Fsp3) is 0.533. The monoisotopic (exact) mass is 510 g/mol. The van der Waals surface area contributed by atoms with Crippen molar-refractivity contribution < 1.29 is 14.3 Å². The number of ether oxygens (including phenoxy) is 1. The molecule has 0 unspecified atom stereocenters. The number of halogens is 1. The number of amides is 2. The fourth-order valence-corrected chi connectivity index (χ4v) is 5.65. The van der Waals surface area contributed by atoms with Gasteiger partial charge in [0.25, 0.3) is 5.91 Å². The first kappa shape index (κ1) is 26.5. The Morgan fingerprint density at radius 1 is 0.944 bits per heavy atom. The zero-order valence-electron chi connectivity index (χ0n) is 21.5. The van der Waals surface area contributed by atoms with Gasteiger partial charge < -0.3 is 14.5 Å². The number of rotatable bonds is 4. The lowest BCUT2D eigenvalue weighted by molar-refractivity contribution is -0.136. The van der Waals surface area contributed by atoms with Gasteiger partial charge in [-0.05, 0) is 68.4 Å². The Kier molecular flexibility index (Phi) is 9.68. The van der Waals surface area contributed by atoms with Gasteiger partial charge >= 0.3 is 0 Å². The summed E-state index contributed by atoms with van der Waals surface area (Å²) in [5.41, 5.74) is 1.61. The van der Waals surface area contributed by atoms with Crippen molar-refractivity contribution >= 4 is 23.4 Å². The van der Waals surface area contributed by atoms with Gasteiger partial charge in [-0.1, -0.05) is 62.1 Å². The first-order valence-corrected chi connectivity index (χ1v) is 14.0. The van der Waals surface area contributed by atoms with Gasteiger partial charge in [-0.15, -0.1) is 0 Å². The largest absolute Gasteiger partial charge is 0.487 e. The Morgan fingerprint density at radius 2 is 1.67 bits per heavy atom. The number of nitrogens with zero attached hydrogens (tertiary/aromatic N) is 2. The Hall–Kier alpha value is -2.53. The van der Waals surface area contributed by atoms with E-state index in [1.807, 2.05) is 53.4 Å². The van der Waals surface area contributed by atoms with Crippen molar-refractivity contribution in [3.05, 3.63) is 64.7 Å². The lowest BCUT2D eigenvalue weighted by Crippen LogP contribution is -2.51. The lowest BCUT2D eigenvalue weighted by Gasteiger charge is -2.40. The first-order valence-electron chi connectivity index (χ1n) is 13.7. The second-order valence-corrected chi connectivity index (χ2v) is 10.5. The van der Waals surface area contributed by atoms with Crippen LogP contribution < -0.4 is 4.74 Å². The van der Waals surface area contributed by atoms with Gasteiger partial charge in [0.1, 0.15) is 11.9 Å². The van der Waals surface area contributed by atoms with Crippen molar-refractivity contribution in [3.63, 3.8) is 0 Å². The fourth-order valence-electron chi connectivity index (χ4n) is 5.53. The number of para-hydroxylation sites is 1. The molecule has 2 amide bonds. The zero-order chi connectivity index (χ0) is 25.3. The van der Waals surface area contributed by atoms with E-state index >= 15 is 0 Å². The molecule has 0 N–H and O–H groups in total. The van der Waals surface area contributed by atoms with Crippen LogP contribution in [0.4, 0.5) is 0 Å². The van der Waals surface area contributed by atoms with Crippen molar-refractivity contribution in [2.45, 2.75) is 83.3 Å². The Bertz CT molecular complexity index is 1010. The van der Waals surface area contributed by atoms with E-state index in [1.165, 1.54) is 0 Å². The number of fused-ring (bicyclic) bond motifs is 2. The third-order valence-corrected chi connectivity index (χ3v) is 7.66. The van der Waals surface area contributed by atoms with Gasteiger partial charge in [0, 0.05) is 24.7 Å². The predicted molar refractivity (Wildman–Crippen MR) is 145 cm³/mol. The molecule has 0 spiro atoms. The minimum absolute atomic E-state index is 0.0105. The molecule has 2 aromatic carbocycles. The van der Waals surface area contributed by atoms with Crippen LogP contribution in [0.2, 0.25) is 5.02 Å². The summed E-state index contributed by atoms with van der Waals surface area (Å²) >= 11 is 6.05. The molecule has 36 heavy (non-hydrogen) atoms. The van der Waals surface area contributed by atoms with E-state index < -0.39 is 0 Å². The summed E-state index contributed by atoms with van der Waals surface area (Å²) < 4.78 is 6.63.